The van der Waals surface area contributed by atoms with E-state index in [0.29, 0.717) is 33.6 Å². The maximum Gasteiger partial charge on any atom is 0.305 e. The molecule has 8 nitrogen and oxygen atoms in total. The van der Waals surface area contributed by atoms with Crippen molar-refractivity contribution >= 4 is 45.3 Å². The number of halogens is 1. The van der Waals surface area contributed by atoms with Crippen molar-refractivity contribution in [2.75, 3.05) is 0 Å². The first kappa shape index (κ1) is 19.3. The minimum atomic E-state index is -0.604. The van der Waals surface area contributed by atoms with E-state index in [0.717, 1.165) is 24.1 Å². The van der Waals surface area contributed by atoms with E-state index in [1.54, 1.807) is 41.8 Å². The van der Waals surface area contributed by atoms with Gasteiger partial charge in [0, 0.05) is 29.5 Å². The lowest BCUT2D eigenvalue weighted by Gasteiger charge is -2.08. The Labute approximate surface area is 180 Å². The van der Waals surface area contributed by atoms with Gasteiger partial charge in [-0.1, -0.05) is 23.7 Å². The van der Waals surface area contributed by atoms with Gasteiger partial charge in [0.2, 0.25) is 0 Å². The molecule has 0 spiro atoms. The van der Waals surface area contributed by atoms with Gasteiger partial charge >= 0.3 is 5.91 Å². The minimum absolute atomic E-state index is 0.0622. The number of aromatic nitrogens is 2. The lowest BCUT2D eigenvalue weighted by atomic mass is 10.1. The molecular formula is C22H17ClN4O4. The van der Waals surface area contributed by atoms with Crippen LogP contribution < -0.4 is 16.4 Å². The summed E-state index contributed by atoms with van der Waals surface area (Å²) in [4.78, 5) is 42.2. The summed E-state index contributed by atoms with van der Waals surface area (Å²) in [6.07, 6.45) is 1.61. The first-order valence-electron chi connectivity index (χ1n) is 9.76. The van der Waals surface area contributed by atoms with Crippen LogP contribution in [-0.4, -0.2) is 21.4 Å². The van der Waals surface area contributed by atoms with Gasteiger partial charge in [0.25, 0.3) is 11.5 Å². The molecule has 2 amide bonds. The molecule has 1 aliphatic rings. The van der Waals surface area contributed by atoms with Crippen LogP contribution in [0.5, 0.6) is 0 Å². The number of carbonyl (C=O) groups is 2. The van der Waals surface area contributed by atoms with E-state index in [1.165, 1.54) is 6.07 Å². The summed E-state index contributed by atoms with van der Waals surface area (Å²) in [6.45, 7) is 2.41. The zero-order valence-electron chi connectivity index (χ0n) is 16.5. The lowest BCUT2D eigenvalue weighted by molar-refractivity contribution is 0.0831. The van der Waals surface area contributed by atoms with Crippen LogP contribution in [0.1, 0.15) is 38.7 Å². The van der Waals surface area contributed by atoms with Crippen molar-refractivity contribution in [2.24, 2.45) is 0 Å². The van der Waals surface area contributed by atoms with Crippen molar-refractivity contribution in [3.05, 3.63) is 74.5 Å². The number of amides is 2. The molecule has 9 heteroatoms. The van der Waals surface area contributed by atoms with Crippen molar-refractivity contribution in [1.29, 1.82) is 0 Å². The van der Waals surface area contributed by atoms with Crippen LogP contribution in [0.2, 0.25) is 5.02 Å². The molecule has 1 aliphatic heterocycles. The molecule has 0 bridgehead atoms. The summed E-state index contributed by atoms with van der Waals surface area (Å²) < 4.78 is 7.27. The van der Waals surface area contributed by atoms with Gasteiger partial charge in [0.1, 0.15) is 5.82 Å². The molecule has 0 unspecified atom stereocenters. The average Bonchev–Trinajstić information content (AvgIpc) is 3.37. The predicted molar refractivity (Wildman–Crippen MR) is 115 cm³/mol. The maximum atomic E-state index is 12.6. The Morgan fingerprint density at radius 2 is 1.94 bits per heavy atom. The molecule has 0 atom stereocenters. The second-order valence-electron chi connectivity index (χ2n) is 7.40. The molecule has 31 heavy (non-hydrogen) atoms. The summed E-state index contributed by atoms with van der Waals surface area (Å²) in [5.74, 6) is -0.355. The summed E-state index contributed by atoms with van der Waals surface area (Å²) in [5, 5.41) is 1.58. The van der Waals surface area contributed by atoms with Crippen molar-refractivity contribution < 1.29 is 14.0 Å². The molecule has 2 aromatic heterocycles. The zero-order chi connectivity index (χ0) is 21.7. The van der Waals surface area contributed by atoms with Gasteiger partial charge in [0.05, 0.1) is 15.9 Å². The van der Waals surface area contributed by atoms with E-state index in [-0.39, 0.29) is 16.9 Å². The van der Waals surface area contributed by atoms with Crippen LogP contribution in [0, 0.1) is 6.92 Å². The number of nitrogens with zero attached hydrogens (tertiary/aromatic N) is 2. The third-order valence-corrected chi connectivity index (χ3v) is 5.79. The molecule has 0 aliphatic carbocycles. The SMILES string of the molecule is Cc1c(C(=O)NNC(=O)c2ccc3c(=O)n4c(nc3c2)CCC4)oc2c(Cl)cccc12. The molecule has 5 rings (SSSR count). The zero-order valence-corrected chi connectivity index (χ0v) is 17.2. The van der Waals surface area contributed by atoms with Gasteiger partial charge < -0.3 is 4.42 Å². The number of carbonyl (C=O) groups excluding carboxylic acids is 2. The van der Waals surface area contributed by atoms with E-state index >= 15 is 0 Å². The Kier molecular flexibility index (Phi) is 4.51. The Hall–Kier alpha value is -3.65. The highest BCUT2D eigenvalue weighted by atomic mass is 35.5. The van der Waals surface area contributed by atoms with E-state index in [9.17, 15) is 14.4 Å². The number of furan rings is 1. The molecule has 0 saturated carbocycles. The van der Waals surface area contributed by atoms with Crippen LogP contribution in [0.15, 0.2) is 45.6 Å². The van der Waals surface area contributed by atoms with Crippen LogP contribution >= 0.6 is 11.6 Å². The monoisotopic (exact) mass is 436 g/mol. The highest BCUT2D eigenvalue weighted by Gasteiger charge is 2.20. The summed E-state index contributed by atoms with van der Waals surface area (Å²) >= 11 is 6.12. The molecule has 0 fully saturated rings. The molecule has 2 N–H and O–H groups in total. The number of para-hydroxylation sites is 1. The molecule has 3 heterocycles. The summed E-state index contributed by atoms with van der Waals surface area (Å²) in [5.41, 5.74) is 6.39. The van der Waals surface area contributed by atoms with Crippen molar-refractivity contribution in [3.63, 3.8) is 0 Å². The van der Waals surface area contributed by atoms with Gasteiger partial charge in [-0.3, -0.25) is 29.8 Å². The Balaban J connectivity index is 1.37. The Morgan fingerprint density at radius 3 is 2.74 bits per heavy atom. The molecule has 2 aromatic carbocycles. The van der Waals surface area contributed by atoms with Crippen molar-refractivity contribution in [2.45, 2.75) is 26.3 Å². The highest BCUT2D eigenvalue weighted by Crippen LogP contribution is 2.30. The van der Waals surface area contributed by atoms with Crippen LogP contribution in [0.4, 0.5) is 0 Å². The largest absolute Gasteiger partial charge is 0.449 e. The topological polar surface area (TPSA) is 106 Å². The normalized spacial score (nSPS) is 12.8. The van der Waals surface area contributed by atoms with Crippen molar-refractivity contribution in [3.8, 4) is 0 Å². The third-order valence-electron chi connectivity index (χ3n) is 5.49. The number of fused-ring (bicyclic) bond motifs is 3. The fraction of sp³-hybridized carbons (Fsp3) is 0.182. The van der Waals surface area contributed by atoms with Gasteiger partial charge in [-0.15, -0.1) is 0 Å². The summed E-state index contributed by atoms with van der Waals surface area (Å²) in [6, 6.07) is 9.90. The van der Waals surface area contributed by atoms with E-state index in [4.69, 9.17) is 16.0 Å². The Morgan fingerprint density at radius 1 is 1.13 bits per heavy atom. The van der Waals surface area contributed by atoms with Crippen LogP contribution in [-0.2, 0) is 13.0 Å². The Bertz CT molecular complexity index is 1450. The van der Waals surface area contributed by atoms with Gasteiger partial charge in [0.15, 0.2) is 11.3 Å². The number of nitrogens with one attached hydrogen (secondary N) is 2. The van der Waals surface area contributed by atoms with Crippen molar-refractivity contribution in [1.82, 2.24) is 20.4 Å². The number of benzene rings is 2. The highest BCUT2D eigenvalue weighted by molar-refractivity contribution is 6.35. The number of hydrazine groups is 1. The minimum Gasteiger partial charge on any atom is -0.449 e. The standard InChI is InChI=1S/C22H17ClN4O4/c1-11-13-4-2-5-15(23)19(13)31-18(11)21(29)26-25-20(28)12-7-8-14-16(10-12)24-17-6-3-9-27(17)22(14)30/h2,4-5,7-8,10H,3,6,9H2,1H3,(H,25,28)(H,26,29). The second kappa shape index (κ2) is 7.24. The van der Waals surface area contributed by atoms with E-state index in [1.807, 2.05) is 0 Å². The third kappa shape index (κ3) is 3.16. The first-order valence-corrected chi connectivity index (χ1v) is 10.1. The fourth-order valence-electron chi connectivity index (χ4n) is 3.89. The van der Waals surface area contributed by atoms with E-state index < -0.39 is 11.8 Å². The molecule has 0 saturated heterocycles. The quantitative estimate of drug-likeness (QED) is 0.469. The fourth-order valence-corrected chi connectivity index (χ4v) is 4.11. The average molecular weight is 437 g/mol. The molecular weight excluding hydrogens is 420 g/mol. The number of hydrogen-bond acceptors (Lipinski definition) is 5. The number of aryl methyl sites for hydroxylation is 2. The lowest BCUT2D eigenvalue weighted by Crippen LogP contribution is -2.41. The van der Waals surface area contributed by atoms with Crippen LogP contribution in [0.3, 0.4) is 0 Å². The number of hydrogen-bond donors (Lipinski definition) is 2. The summed E-state index contributed by atoms with van der Waals surface area (Å²) in [7, 11) is 0. The predicted octanol–water partition coefficient (Wildman–Crippen LogP) is 3.13. The first-order chi connectivity index (χ1) is 14.9. The molecule has 0 radical (unpaired) electrons. The van der Waals surface area contributed by atoms with Gasteiger partial charge in [-0.2, -0.15) is 0 Å². The van der Waals surface area contributed by atoms with E-state index in [2.05, 4.69) is 15.8 Å². The maximum absolute atomic E-state index is 12.6. The second-order valence-corrected chi connectivity index (χ2v) is 7.81. The van der Waals surface area contributed by atoms with Gasteiger partial charge in [-0.25, -0.2) is 4.98 Å². The van der Waals surface area contributed by atoms with Gasteiger partial charge in [-0.05, 0) is 37.6 Å². The molecule has 4 aromatic rings. The number of rotatable bonds is 2. The smallest absolute Gasteiger partial charge is 0.305 e. The molecule has 156 valence electrons. The van der Waals surface area contributed by atoms with Crippen LogP contribution in [0.25, 0.3) is 21.9 Å².